The van der Waals surface area contributed by atoms with Crippen LogP contribution in [0.3, 0.4) is 0 Å². The van der Waals surface area contributed by atoms with Crippen LogP contribution in [0.15, 0.2) is 30.3 Å². The third-order valence-electron chi connectivity index (χ3n) is 2.67. The Morgan fingerprint density at radius 3 is 2.67 bits per heavy atom. The summed E-state index contributed by atoms with van der Waals surface area (Å²) < 4.78 is 5.10. The van der Waals surface area contributed by atoms with Gasteiger partial charge in [0.15, 0.2) is 0 Å². The molecule has 0 radical (unpaired) electrons. The van der Waals surface area contributed by atoms with Crippen LogP contribution in [0.1, 0.15) is 32.3 Å². The molecule has 1 rings (SSSR count). The van der Waals surface area contributed by atoms with Gasteiger partial charge in [-0.05, 0) is 18.9 Å². The zero-order valence-corrected chi connectivity index (χ0v) is 11.1. The first-order valence-electron chi connectivity index (χ1n) is 6.27. The highest BCUT2D eigenvalue weighted by Gasteiger charge is 2.18. The Bertz CT molecular complexity index is 363. The smallest absolute Gasteiger partial charge is 0.407 e. The summed E-state index contributed by atoms with van der Waals surface area (Å²) in [4.78, 5) is 11.5. The quantitative estimate of drug-likeness (QED) is 0.815. The van der Waals surface area contributed by atoms with Gasteiger partial charge in [-0.25, -0.2) is 4.79 Å². The summed E-state index contributed by atoms with van der Waals surface area (Å²) in [6, 6.07) is 9.58. The normalized spacial score (nSPS) is 13.7. The lowest BCUT2D eigenvalue weighted by molar-refractivity contribution is 0.137. The van der Waals surface area contributed by atoms with E-state index in [0.29, 0.717) is 6.54 Å². The maximum Gasteiger partial charge on any atom is 0.407 e. The van der Waals surface area contributed by atoms with E-state index in [9.17, 15) is 4.79 Å². The lowest BCUT2D eigenvalue weighted by atomic mass is 9.98. The molecule has 1 unspecified atom stereocenters. The van der Waals surface area contributed by atoms with Crippen molar-refractivity contribution in [3.8, 4) is 0 Å². The maximum atomic E-state index is 11.5. The van der Waals surface area contributed by atoms with Gasteiger partial charge in [-0.15, -0.1) is 0 Å². The van der Waals surface area contributed by atoms with Gasteiger partial charge in [0.2, 0.25) is 0 Å². The number of alkyl carbamates (subject to hydrolysis) is 1. The molecule has 0 spiro atoms. The summed E-state index contributed by atoms with van der Waals surface area (Å²) >= 11 is 0. The summed E-state index contributed by atoms with van der Waals surface area (Å²) in [6.45, 7) is 4.70. The van der Waals surface area contributed by atoms with Crippen LogP contribution in [0.2, 0.25) is 0 Å². The lowest BCUT2D eigenvalue weighted by Crippen LogP contribution is -2.47. The summed E-state index contributed by atoms with van der Waals surface area (Å²) in [5.41, 5.74) is 6.61. The minimum Gasteiger partial charge on any atom is -0.445 e. The first-order valence-corrected chi connectivity index (χ1v) is 6.27. The Labute approximate surface area is 109 Å². The molecule has 100 valence electrons. The second-order valence-corrected chi connectivity index (χ2v) is 4.82. The molecule has 0 aliphatic heterocycles. The topological polar surface area (TPSA) is 64.3 Å². The van der Waals surface area contributed by atoms with E-state index in [4.69, 9.17) is 10.5 Å². The van der Waals surface area contributed by atoms with Crippen LogP contribution >= 0.6 is 0 Å². The number of ether oxygens (including phenoxy) is 1. The lowest BCUT2D eigenvalue weighted by Gasteiger charge is -2.24. The van der Waals surface area contributed by atoms with Crippen LogP contribution < -0.4 is 11.1 Å². The Morgan fingerprint density at radius 1 is 1.39 bits per heavy atom. The molecule has 1 amide bonds. The Balaban J connectivity index is 2.26. The van der Waals surface area contributed by atoms with Crippen LogP contribution in [-0.4, -0.2) is 18.2 Å². The standard InChI is InChI=1S/C14H22N2O2/c1-3-9-14(2,15)11-16-13(17)18-10-12-7-5-4-6-8-12/h4-8H,3,9-11,15H2,1-2H3,(H,16,17). The van der Waals surface area contributed by atoms with E-state index in [-0.39, 0.29) is 12.1 Å². The highest BCUT2D eigenvalue weighted by Crippen LogP contribution is 2.07. The zero-order valence-electron chi connectivity index (χ0n) is 11.1. The predicted octanol–water partition coefficient (Wildman–Crippen LogP) is 2.43. The van der Waals surface area contributed by atoms with Gasteiger partial charge in [-0.3, -0.25) is 0 Å². The summed E-state index contributed by atoms with van der Waals surface area (Å²) in [5, 5.41) is 2.69. The first kappa shape index (κ1) is 14.5. The van der Waals surface area contributed by atoms with Crippen molar-refractivity contribution in [2.45, 2.75) is 38.8 Å². The monoisotopic (exact) mass is 250 g/mol. The van der Waals surface area contributed by atoms with Gasteiger partial charge < -0.3 is 15.8 Å². The largest absolute Gasteiger partial charge is 0.445 e. The first-order chi connectivity index (χ1) is 8.53. The average Bonchev–Trinajstić information content (AvgIpc) is 2.35. The highest BCUT2D eigenvalue weighted by atomic mass is 16.5. The van der Waals surface area contributed by atoms with E-state index >= 15 is 0 Å². The van der Waals surface area contributed by atoms with Gasteiger partial charge >= 0.3 is 6.09 Å². The molecule has 0 saturated carbocycles. The van der Waals surface area contributed by atoms with Crippen LogP contribution in [0.4, 0.5) is 4.79 Å². The predicted molar refractivity (Wildman–Crippen MR) is 72.1 cm³/mol. The second-order valence-electron chi connectivity index (χ2n) is 4.82. The molecule has 4 heteroatoms. The van der Waals surface area contributed by atoms with E-state index in [2.05, 4.69) is 12.2 Å². The molecule has 0 aromatic heterocycles. The maximum absolute atomic E-state index is 11.5. The number of benzene rings is 1. The second kappa shape index (κ2) is 7.01. The molecule has 0 bridgehead atoms. The van der Waals surface area contributed by atoms with Gasteiger partial charge in [0.1, 0.15) is 6.61 Å². The molecule has 4 nitrogen and oxygen atoms in total. The summed E-state index contributed by atoms with van der Waals surface area (Å²) in [5.74, 6) is 0. The SMILES string of the molecule is CCCC(C)(N)CNC(=O)OCc1ccccc1. The molecule has 1 aromatic carbocycles. The van der Waals surface area contributed by atoms with Crippen molar-refractivity contribution in [1.29, 1.82) is 0 Å². The number of carbonyl (C=O) groups excluding carboxylic acids is 1. The third-order valence-corrected chi connectivity index (χ3v) is 2.67. The minimum absolute atomic E-state index is 0.280. The third kappa shape index (κ3) is 5.68. The van der Waals surface area contributed by atoms with Crippen molar-refractivity contribution in [2.75, 3.05) is 6.54 Å². The van der Waals surface area contributed by atoms with Crippen molar-refractivity contribution in [3.63, 3.8) is 0 Å². The zero-order chi connectivity index (χ0) is 13.4. The van der Waals surface area contributed by atoms with E-state index < -0.39 is 6.09 Å². The van der Waals surface area contributed by atoms with Gasteiger partial charge in [-0.2, -0.15) is 0 Å². The van der Waals surface area contributed by atoms with Crippen molar-refractivity contribution in [1.82, 2.24) is 5.32 Å². The van der Waals surface area contributed by atoms with Gasteiger partial charge in [0.05, 0.1) is 0 Å². The van der Waals surface area contributed by atoms with Crippen LogP contribution in [0.5, 0.6) is 0 Å². The van der Waals surface area contributed by atoms with Crippen molar-refractivity contribution < 1.29 is 9.53 Å². The number of hydrogen-bond acceptors (Lipinski definition) is 3. The van der Waals surface area contributed by atoms with Gasteiger partial charge in [0.25, 0.3) is 0 Å². The number of carbonyl (C=O) groups is 1. The molecular formula is C14H22N2O2. The summed E-state index contributed by atoms with van der Waals surface area (Å²) in [6.07, 6.45) is 1.44. The molecule has 0 saturated heterocycles. The fourth-order valence-corrected chi connectivity index (χ4v) is 1.71. The highest BCUT2D eigenvalue weighted by molar-refractivity contribution is 5.67. The van der Waals surface area contributed by atoms with Crippen LogP contribution in [0, 0.1) is 0 Å². The van der Waals surface area contributed by atoms with E-state index in [0.717, 1.165) is 18.4 Å². The molecule has 1 atom stereocenters. The number of amides is 1. The number of hydrogen-bond donors (Lipinski definition) is 2. The number of rotatable bonds is 6. The van der Waals surface area contributed by atoms with E-state index in [1.54, 1.807) is 0 Å². The van der Waals surface area contributed by atoms with Crippen molar-refractivity contribution >= 4 is 6.09 Å². The van der Waals surface area contributed by atoms with Gasteiger partial charge in [0, 0.05) is 12.1 Å². The molecule has 0 fully saturated rings. The van der Waals surface area contributed by atoms with E-state index in [1.165, 1.54) is 0 Å². The van der Waals surface area contributed by atoms with Crippen LogP contribution in [0.25, 0.3) is 0 Å². The van der Waals surface area contributed by atoms with E-state index in [1.807, 2.05) is 37.3 Å². The fourth-order valence-electron chi connectivity index (χ4n) is 1.71. The number of nitrogens with two attached hydrogens (primary N) is 1. The van der Waals surface area contributed by atoms with Gasteiger partial charge in [-0.1, -0.05) is 43.7 Å². The molecule has 0 heterocycles. The molecular weight excluding hydrogens is 228 g/mol. The Morgan fingerprint density at radius 2 is 2.06 bits per heavy atom. The minimum atomic E-state index is -0.424. The Kier molecular flexibility index (Phi) is 5.65. The summed E-state index contributed by atoms with van der Waals surface area (Å²) in [7, 11) is 0. The molecule has 18 heavy (non-hydrogen) atoms. The van der Waals surface area contributed by atoms with Crippen LogP contribution in [-0.2, 0) is 11.3 Å². The molecule has 0 aliphatic carbocycles. The fraction of sp³-hybridized carbons (Fsp3) is 0.500. The van der Waals surface area contributed by atoms with Crippen molar-refractivity contribution in [3.05, 3.63) is 35.9 Å². The molecule has 1 aromatic rings. The molecule has 0 aliphatic rings. The molecule has 3 N–H and O–H groups in total. The Hall–Kier alpha value is -1.55. The van der Waals surface area contributed by atoms with Crippen molar-refractivity contribution in [2.24, 2.45) is 5.73 Å². The number of nitrogens with one attached hydrogen (secondary N) is 1. The average molecular weight is 250 g/mol.